The summed E-state index contributed by atoms with van der Waals surface area (Å²) < 4.78 is 6.40. The van der Waals surface area contributed by atoms with Crippen molar-refractivity contribution in [3.63, 3.8) is 0 Å². The van der Waals surface area contributed by atoms with E-state index in [4.69, 9.17) is 4.74 Å². The molecule has 0 amide bonds. The first-order chi connectivity index (χ1) is 9.47. The minimum Gasteiger partial charge on any atom is -0.374 e. The summed E-state index contributed by atoms with van der Waals surface area (Å²) >= 11 is 0. The summed E-state index contributed by atoms with van der Waals surface area (Å²) in [4.78, 5) is 0. The molecule has 0 unspecified atom stereocenters. The zero-order valence-electron chi connectivity index (χ0n) is 14.5. The van der Waals surface area contributed by atoms with Crippen LogP contribution in [0.25, 0.3) is 0 Å². The molecule has 0 aliphatic heterocycles. The normalized spacial score (nSPS) is 27.4. The molecule has 1 aliphatic rings. The Labute approximate surface area is 127 Å². The molecular formula is C18H37NO. The van der Waals surface area contributed by atoms with Gasteiger partial charge in [-0.3, -0.25) is 0 Å². The summed E-state index contributed by atoms with van der Waals surface area (Å²) in [5.41, 5.74) is 0.118. The highest BCUT2D eigenvalue weighted by Gasteiger charge is 2.35. The molecule has 0 atom stereocenters. The Hall–Kier alpha value is -0.0800. The second-order valence-corrected chi connectivity index (χ2v) is 7.45. The SMILES string of the molecule is CCC1CCC(CNC(C)C)(OCCCC(C)C)CC1. The van der Waals surface area contributed by atoms with Gasteiger partial charge in [-0.05, 0) is 50.4 Å². The summed E-state index contributed by atoms with van der Waals surface area (Å²) in [7, 11) is 0. The highest BCUT2D eigenvalue weighted by molar-refractivity contribution is 4.89. The van der Waals surface area contributed by atoms with E-state index in [1.165, 1.54) is 44.9 Å². The summed E-state index contributed by atoms with van der Waals surface area (Å²) in [6.07, 6.45) is 9.01. The fourth-order valence-corrected chi connectivity index (χ4v) is 3.15. The van der Waals surface area contributed by atoms with Gasteiger partial charge < -0.3 is 10.1 Å². The van der Waals surface area contributed by atoms with Gasteiger partial charge in [0.1, 0.15) is 0 Å². The Morgan fingerprint density at radius 3 is 2.30 bits per heavy atom. The number of rotatable bonds is 9. The summed E-state index contributed by atoms with van der Waals surface area (Å²) in [5.74, 6) is 1.72. The van der Waals surface area contributed by atoms with Crippen LogP contribution in [0.2, 0.25) is 0 Å². The number of hydrogen-bond donors (Lipinski definition) is 1. The van der Waals surface area contributed by atoms with Gasteiger partial charge in [-0.1, -0.05) is 41.0 Å². The zero-order chi connectivity index (χ0) is 15.0. The van der Waals surface area contributed by atoms with Gasteiger partial charge >= 0.3 is 0 Å². The smallest absolute Gasteiger partial charge is 0.0806 e. The molecule has 1 rings (SSSR count). The average Bonchev–Trinajstić information content (AvgIpc) is 2.42. The van der Waals surface area contributed by atoms with E-state index in [0.717, 1.165) is 25.0 Å². The van der Waals surface area contributed by atoms with Crippen molar-refractivity contribution in [2.24, 2.45) is 11.8 Å². The van der Waals surface area contributed by atoms with Gasteiger partial charge in [-0.25, -0.2) is 0 Å². The molecule has 1 aliphatic carbocycles. The molecule has 0 aromatic heterocycles. The summed E-state index contributed by atoms with van der Waals surface area (Å²) in [6, 6.07) is 0.551. The van der Waals surface area contributed by atoms with E-state index in [2.05, 4.69) is 39.9 Å². The standard InChI is InChI=1S/C18H37NO/c1-6-17-9-11-18(12-10-17,14-19-16(4)5)20-13-7-8-15(2)3/h15-17,19H,6-14H2,1-5H3. The van der Waals surface area contributed by atoms with Crippen LogP contribution in [0.4, 0.5) is 0 Å². The van der Waals surface area contributed by atoms with Gasteiger partial charge in [0.2, 0.25) is 0 Å². The maximum atomic E-state index is 6.40. The maximum absolute atomic E-state index is 6.40. The van der Waals surface area contributed by atoms with Crippen LogP contribution in [0.5, 0.6) is 0 Å². The lowest BCUT2D eigenvalue weighted by atomic mass is 9.77. The van der Waals surface area contributed by atoms with E-state index in [-0.39, 0.29) is 5.60 Å². The molecule has 0 aromatic carbocycles. The molecule has 1 saturated carbocycles. The van der Waals surface area contributed by atoms with Gasteiger partial charge in [0.05, 0.1) is 5.60 Å². The first kappa shape index (κ1) is 18.0. The molecule has 1 fully saturated rings. The van der Waals surface area contributed by atoms with Crippen LogP contribution in [-0.4, -0.2) is 24.8 Å². The van der Waals surface area contributed by atoms with Crippen molar-refractivity contribution in [1.29, 1.82) is 0 Å². The molecule has 0 aromatic rings. The summed E-state index contributed by atoms with van der Waals surface area (Å²) in [6.45, 7) is 13.3. The van der Waals surface area contributed by atoms with E-state index in [9.17, 15) is 0 Å². The van der Waals surface area contributed by atoms with E-state index in [1.807, 2.05) is 0 Å². The predicted octanol–water partition coefficient (Wildman–Crippen LogP) is 4.78. The van der Waals surface area contributed by atoms with Crippen LogP contribution < -0.4 is 5.32 Å². The number of nitrogens with one attached hydrogen (secondary N) is 1. The van der Waals surface area contributed by atoms with Gasteiger partial charge in [0.15, 0.2) is 0 Å². The van der Waals surface area contributed by atoms with Crippen LogP contribution in [0, 0.1) is 11.8 Å². The van der Waals surface area contributed by atoms with Crippen LogP contribution in [-0.2, 0) is 4.74 Å². The average molecular weight is 284 g/mol. The lowest BCUT2D eigenvalue weighted by Gasteiger charge is -2.41. The third-order valence-electron chi connectivity index (χ3n) is 4.76. The quantitative estimate of drug-likeness (QED) is 0.615. The third-order valence-corrected chi connectivity index (χ3v) is 4.76. The number of ether oxygens (including phenoxy) is 1. The lowest BCUT2D eigenvalue weighted by molar-refractivity contribution is -0.0790. The maximum Gasteiger partial charge on any atom is 0.0806 e. The Morgan fingerprint density at radius 2 is 1.80 bits per heavy atom. The first-order valence-electron chi connectivity index (χ1n) is 8.85. The Kier molecular flexibility index (Phi) is 8.13. The van der Waals surface area contributed by atoms with Crippen LogP contribution in [0.1, 0.15) is 79.6 Å². The molecule has 0 radical (unpaired) electrons. The van der Waals surface area contributed by atoms with Crippen molar-refractivity contribution < 1.29 is 4.74 Å². The molecule has 1 N–H and O–H groups in total. The molecule has 120 valence electrons. The van der Waals surface area contributed by atoms with Crippen molar-refractivity contribution in [2.75, 3.05) is 13.2 Å². The molecule has 0 bridgehead atoms. The fourth-order valence-electron chi connectivity index (χ4n) is 3.15. The van der Waals surface area contributed by atoms with Crippen molar-refractivity contribution >= 4 is 0 Å². The monoisotopic (exact) mass is 283 g/mol. The minimum absolute atomic E-state index is 0.118. The molecule has 0 spiro atoms. The van der Waals surface area contributed by atoms with Crippen molar-refractivity contribution in [3.05, 3.63) is 0 Å². The van der Waals surface area contributed by atoms with Crippen molar-refractivity contribution in [3.8, 4) is 0 Å². The summed E-state index contributed by atoms with van der Waals surface area (Å²) in [5, 5.41) is 3.61. The molecule has 2 heteroatoms. The van der Waals surface area contributed by atoms with Gasteiger partial charge in [0, 0.05) is 19.2 Å². The molecule has 0 saturated heterocycles. The Bertz CT molecular complexity index is 242. The van der Waals surface area contributed by atoms with Gasteiger partial charge in [-0.2, -0.15) is 0 Å². The second kappa shape index (κ2) is 9.04. The topological polar surface area (TPSA) is 21.3 Å². The van der Waals surface area contributed by atoms with Crippen molar-refractivity contribution in [1.82, 2.24) is 5.32 Å². The van der Waals surface area contributed by atoms with E-state index in [1.54, 1.807) is 0 Å². The van der Waals surface area contributed by atoms with Crippen LogP contribution in [0.3, 0.4) is 0 Å². The highest BCUT2D eigenvalue weighted by atomic mass is 16.5. The Morgan fingerprint density at radius 1 is 1.15 bits per heavy atom. The van der Waals surface area contributed by atoms with E-state index >= 15 is 0 Å². The second-order valence-electron chi connectivity index (χ2n) is 7.45. The molecular weight excluding hydrogens is 246 g/mol. The Balaban J connectivity index is 2.43. The lowest BCUT2D eigenvalue weighted by Crippen LogP contribution is -2.47. The van der Waals surface area contributed by atoms with Gasteiger partial charge in [-0.15, -0.1) is 0 Å². The van der Waals surface area contributed by atoms with E-state index < -0.39 is 0 Å². The minimum atomic E-state index is 0.118. The van der Waals surface area contributed by atoms with Crippen LogP contribution in [0.15, 0.2) is 0 Å². The zero-order valence-corrected chi connectivity index (χ0v) is 14.5. The number of hydrogen-bond acceptors (Lipinski definition) is 2. The molecule has 2 nitrogen and oxygen atoms in total. The third kappa shape index (κ3) is 6.58. The molecule has 20 heavy (non-hydrogen) atoms. The van der Waals surface area contributed by atoms with E-state index in [0.29, 0.717) is 6.04 Å². The van der Waals surface area contributed by atoms with Crippen LogP contribution >= 0.6 is 0 Å². The predicted molar refractivity (Wildman–Crippen MR) is 88.1 cm³/mol. The fraction of sp³-hybridized carbons (Fsp3) is 1.00. The van der Waals surface area contributed by atoms with Gasteiger partial charge in [0.25, 0.3) is 0 Å². The molecule has 0 heterocycles. The largest absolute Gasteiger partial charge is 0.374 e. The first-order valence-corrected chi connectivity index (χ1v) is 8.85. The highest BCUT2D eigenvalue weighted by Crippen LogP contribution is 2.36. The van der Waals surface area contributed by atoms with Crippen molar-refractivity contribution in [2.45, 2.75) is 91.2 Å².